The second kappa shape index (κ2) is 8.06. The van der Waals surface area contributed by atoms with Crippen LogP contribution >= 0.6 is 0 Å². The van der Waals surface area contributed by atoms with Gasteiger partial charge < -0.3 is 14.8 Å². The average Bonchev–Trinajstić information content (AvgIpc) is 2.32. The van der Waals surface area contributed by atoms with Crippen molar-refractivity contribution in [1.82, 2.24) is 5.32 Å². The predicted molar refractivity (Wildman–Crippen MR) is 66.8 cm³/mol. The van der Waals surface area contributed by atoms with Gasteiger partial charge in [-0.2, -0.15) is 5.26 Å². The minimum Gasteiger partial charge on any atom is -0.382 e. The van der Waals surface area contributed by atoms with Gasteiger partial charge in [-0.15, -0.1) is 0 Å². The minimum atomic E-state index is -0.727. The highest BCUT2D eigenvalue weighted by Gasteiger charge is 2.44. The van der Waals surface area contributed by atoms with E-state index in [1.165, 1.54) is 0 Å². The molecule has 0 spiro atoms. The highest BCUT2D eigenvalue weighted by Crippen LogP contribution is 2.40. The van der Waals surface area contributed by atoms with Crippen molar-refractivity contribution < 1.29 is 14.3 Å². The van der Waals surface area contributed by atoms with Gasteiger partial charge in [0, 0.05) is 20.3 Å². The summed E-state index contributed by atoms with van der Waals surface area (Å²) < 4.78 is 10.2. The van der Waals surface area contributed by atoms with E-state index in [0.717, 1.165) is 19.3 Å². The van der Waals surface area contributed by atoms with Crippen LogP contribution in [0.2, 0.25) is 0 Å². The van der Waals surface area contributed by atoms with Crippen LogP contribution in [0.5, 0.6) is 0 Å². The first-order valence-electron chi connectivity index (χ1n) is 6.51. The van der Waals surface area contributed by atoms with Gasteiger partial charge in [0.15, 0.2) is 0 Å². The number of nitrogens with zero attached hydrogens (tertiary/aromatic N) is 1. The highest BCUT2D eigenvalue weighted by atomic mass is 16.5. The number of nitrogens with one attached hydrogen (secondary N) is 1. The molecule has 0 aromatic rings. The van der Waals surface area contributed by atoms with Crippen LogP contribution in [0.1, 0.15) is 32.1 Å². The van der Waals surface area contributed by atoms with Crippen LogP contribution in [0.3, 0.4) is 0 Å². The number of amides is 1. The zero-order valence-electron chi connectivity index (χ0n) is 11.0. The van der Waals surface area contributed by atoms with E-state index in [4.69, 9.17) is 14.7 Å². The Bertz CT molecular complexity index is 295. The molecule has 1 aliphatic rings. The van der Waals surface area contributed by atoms with E-state index in [1.54, 1.807) is 7.11 Å². The molecule has 0 saturated heterocycles. The molecule has 0 radical (unpaired) electrons. The van der Waals surface area contributed by atoms with Crippen molar-refractivity contribution in [2.45, 2.75) is 32.1 Å². The maximum Gasteiger partial charge on any atom is 0.240 e. The molecule has 0 unspecified atom stereocenters. The lowest BCUT2D eigenvalue weighted by Crippen LogP contribution is -2.44. The summed E-state index contributed by atoms with van der Waals surface area (Å²) in [5.41, 5.74) is -0.727. The fourth-order valence-electron chi connectivity index (χ4n) is 1.86. The molecule has 0 aromatic carbocycles. The zero-order valence-corrected chi connectivity index (χ0v) is 11.0. The molecule has 1 aliphatic carbocycles. The van der Waals surface area contributed by atoms with Crippen molar-refractivity contribution in [3.05, 3.63) is 0 Å². The predicted octanol–water partition coefficient (Wildman–Crippen LogP) is 1.24. The van der Waals surface area contributed by atoms with E-state index in [2.05, 4.69) is 11.4 Å². The second-order valence-corrected chi connectivity index (χ2v) is 4.62. The van der Waals surface area contributed by atoms with Gasteiger partial charge in [0.25, 0.3) is 0 Å². The van der Waals surface area contributed by atoms with Crippen LogP contribution < -0.4 is 5.32 Å². The van der Waals surface area contributed by atoms with E-state index >= 15 is 0 Å². The molecule has 5 nitrogen and oxygen atoms in total. The van der Waals surface area contributed by atoms with Crippen LogP contribution in [0, 0.1) is 16.7 Å². The number of carbonyl (C=O) groups is 1. The SMILES string of the molecule is COCCOCCCCNC(=O)C1(C#N)CCC1. The molecule has 0 aliphatic heterocycles. The van der Waals surface area contributed by atoms with Crippen LogP contribution in [-0.2, 0) is 14.3 Å². The number of hydrogen-bond acceptors (Lipinski definition) is 4. The normalized spacial score (nSPS) is 16.7. The highest BCUT2D eigenvalue weighted by molar-refractivity contribution is 5.86. The third-order valence-electron chi connectivity index (χ3n) is 3.29. The molecule has 18 heavy (non-hydrogen) atoms. The third-order valence-corrected chi connectivity index (χ3v) is 3.29. The number of hydrogen-bond donors (Lipinski definition) is 1. The molecule has 0 aromatic heterocycles. The van der Waals surface area contributed by atoms with Crippen LogP contribution in [0.15, 0.2) is 0 Å². The first-order valence-corrected chi connectivity index (χ1v) is 6.51. The lowest BCUT2D eigenvalue weighted by Gasteiger charge is -2.33. The molecule has 0 atom stereocenters. The third kappa shape index (κ3) is 4.28. The zero-order chi connectivity index (χ0) is 13.3. The van der Waals surface area contributed by atoms with Gasteiger partial charge in [-0.1, -0.05) is 0 Å². The Hall–Kier alpha value is -1.12. The Kier molecular flexibility index (Phi) is 6.69. The monoisotopic (exact) mass is 254 g/mol. The summed E-state index contributed by atoms with van der Waals surface area (Å²) in [5, 5.41) is 11.8. The molecular weight excluding hydrogens is 232 g/mol. The molecule has 1 rings (SSSR count). The molecule has 0 heterocycles. The summed E-state index contributed by atoms with van der Waals surface area (Å²) in [4.78, 5) is 11.8. The van der Waals surface area contributed by atoms with Crippen molar-refractivity contribution in [2.75, 3.05) is 33.5 Å². The summed E-state index contributed by atoms with van der Waals surface area (Å²) in [6.07, 6.45) is 4.17. The van der Waals surface area contributed by atoms with Gasteiger partial charge in [-0.3, -0.25) is 4.79 Å². The van der Waals surface area contributed by atoms with Crippen molar-refractivity contribution in [3.63, 3.8) is 0 Å². The number of carbonyl (C=O) groups excluding carboxylic acids is 1. The molecule has 102 valence electrons. The summed E-state index contributed by atoms with van der Waals surface area (Å²) >= 11 is 0. The van der Waals surface area contributed by atoms with E-state index in [1.807, 2.05) is 0 Å². The van der Waals surface area contributed by atoms with E-state index in [-0.39, 0.29) is 5.91 Å². The summed E-state index contributed by atoms with van der Waals surface area (Å²) in [6.45, 7) is 2.53. The van der Waals surface area contributed by atoms with Gasteiger partial charge in [0.05, 0.1) is 19.3 Å². The van der Waals surface area contributed by atoms with Crippen molar-refractivity contribution >= 4 is 5.91 Å². The molecule has 1 N–H and O–H groups in total. The molecule has 1 amide bonds. The Morgan fingerprint density at radius 2 is 2.11 bits per heavy atom. The Morgan fingerprint density at radius 3 is 2.67 bits per heavy atom. The van der Waals surface area contributed by atoms with Crippen molar-refractivity contribution in [2.24, 2.45) is 5.41 Å². The van der Waals surface area contributed by atoms with Crippen LogP contribution in [0.4, 0.5) is 0 Å². The fraction of sp³-hybridized carbons (Fsp3) is 0.846. The summed E-state index contributed by atoms with van der Waals surface area (Å²) in [7, 11) is 1.64. The number of methoxy groups -OCH3 is 1. The van der Waals surface area contributed by atoms with Gasteiger partial charge in [0.1, 0.15) is 5.41 Å². The van der Waals surface area contributed by atoms with Crippen molar-refractivity contribution in [1.29, 1.82) is 5.26 Å². The Labute approximate surface area is 108 Å². The maximum absolute atomic E-state index is 11.8. The van der Waals surface area contributed by atoms with E-state index in [9.17, 15) is 4.79 Å². The van der Waals surface area contributed by atoms with Crippen LogP contribution in [-0.4, -0.2) is 39.4 Å². The maximum atomic E-state index is 11.8. The quantitative estimate of drug-likeness (QED) is 0.628. The molecule has 1 saturated carbocycles. The summed E-state index contributed by atoms with van der Waals surface area (Å²) in [5.74, 6) is -0.100. The molecule has 5 heteroatoms. The molecule has 1 fully saturated rings. The lowest BCUT2D eigenvalue weighted by molar-refractivity contribution is -0.131. The second-order valence-electron chi connectivity index (χ2n) is 4.62. The standard InChI is InChI=1S/C13H22N2O3/c1-17-9-10-18-8-3-2-7-15-12(16)13(11-14)5-4-6-13/h2-10H2,1H3,(H,15,16). The van der Waals surface area contributed by atoms with E-state index in [0.29, 0.717) is 39.2 Å². The number of rotatable bonds is 9. The fourth-order valence-corrected chi connectivity index (χ4v) is 1.86. The average molecular weight is 254 g/mol. The Morgan fingerprint density at radius 1 is 1.33 bits per heavy atom. The first-order chi connectivity index (χ1) is 8.75. The molecular formula is C13H22N2O3. The minimum absolute atomic E-state index is 0.100. The van der Waals surface area contributed by atoms with Gasteiger partial charge in [0.2, 0.25) is 5.91 Å². The van der Waals surface area contributed by atoms with Gasteiger partial charge in [-0.25, -0.2) is 0 Å². The number of nitriles is 1. The molecule has 0 bridgehead atoms. The summed E-state index contributed by atoms with van der Waals surface area (Å²) in [6, 6.07) is 2.14. The first kappa shape index (κ1) is 14.9. The topological polar surface area (TPSA) is 71.3 Å². The number of ether oxygens (including phenoxy) is 2. The van der Waals surface area contributed by atoms with Crippen molar-refractivity contribution in [3.8, 4) is 6.07 Å². The number of unbranched alkanes of at least 4 members (excludes halogenated alkanes) is 1. The van der Waals surface area contributed by atoms with Crippen LogP contribution in [0.25, 0.3) is 0 Å². The Balaban J connectivity index is 1.98. The van der Waals surface area contributed by atoms with Gasteiger partial charge in [-0.05, 0) is 32.1 Å². The largest absolute Gasteiger partial charge is 0.382 e. The lowest BCUT2D eigenvalue weighted by atomic mass is 9.69. The van der Waals surface area contributed by atoms with Gasteiger partial charge >= 0.3 is 0 Å². The smallest absolute Gasteiger partial charge is 0.240 e. The van der Waals surface area contributed by atoms with E-state index < -0.39 is 5.41 Å².